The number of aromatic amines is 1. The quantitative estimate of drug-likeness (QED) is 0.489. The van der Waals surface area contributed by atoms with Gasteiger partial charge in [-0.3, -0.25) is 5.10 Å². The summed E-state index contributed by atoms with van der Waals surface area (Å²) in [6.45, 7) is 3.80. The second-order valence-electron chi connectivity index (χ2n) is 6.27. The van der Waals surface area contributed by atoms with Gasteiger partial charge in [-0.15, -0.1) is 5.10 Å². The number of hydrogen-bond acceptors (Lipinski definition) is 6. The zero-order valence-corrected chi connectivity index (χ0v) is 14.4. The summed E-state index contributed by atoms with van der Waals surface area (Å²) < 4.78 is 2.51. The second kappa shape index (κ2) is 5.22. The van der Waals surface area contributed by atoms with E-state index in [0.29, 0.717) is 27.9 Å². The average Bonchev–Trinajstić information content (AvgIpc) is 3.24. The first-order valence-corrected chi connectivity index (χ1v) is 8.22. The summed E-state index contributed by atoms with van der Waals surface area (Å²) in [6.07, 6.45) is 0. The van der Waals surface area contributed by atoms with Crippen LogP contribution in [0, 0.1) is 25.2 Å². The lowest BCUT2D eigenvalue weighted by Gasteiger charge is -2.05. The summed E-state index contributed by atoms with van der Waals surface area (Å²) in [4.78, 5) is 22.0. The van der Waals surface area contributed by atoms with Crippen molar-refractivity contribution >= 4 is 27.7 Å². The molecule has 4 aromatic heterocycles. The third kappa shape index (κ3) is 2.01. The number of pyridine rings is 1. The van der Waals surface area contributed by atoms with Gasteiger partial charge in [-0.1, -0.05) is 12.1 Å². The fraction of sp³-hybridized carbons (Fsp3) is 0.111. The molecule has 27 heavy (non-hydrogen) atoms. The van der Waals surface area contributed by atoms with Crippen LogP contribution in [0.1, 0.15) is 17.0 Å². The van der Waals surface area contributed by atoms with Crippen molar-refractivity contribution in [3.63, 3.8) is 0 Å². The molecule has 9 heteroatoms. The van der Waals surface area contributed by atoms with Gasteiger partial charge in [0.15, 0.2) is 17.1 Å². The Morgan fingerprint density at radius 2 is 2.00 bits per heavy atom. The fourth-order valence-electron chi connectivity index (χ4n) is 3.39. The van der Waals surface area contributed by atoms with Crippen LogP contribution in [0.3, 0.4) is 0 Å². The van der Waals surface area contributed by atoms with Gasteiger partial charge in [0.1, 0.15) is 6.07 Å². The lowest BCUT2D eigenvalue weighted by Crippen LogP contribution is -2.29. The number of para-hydroxylation sites is 2. The van der Waals surface area contributed by atoms with Gasteiger partial charge in [0.05, 0.1) is 16.4 Å². The zero-order chi connectivity index (χ0) is 18.7. The molecule has 0 saturated carbocycles. The smallest absolute Gasteiger partial charge is 0.259 e. The number of nitrogens with one attached hydrogen (secondary N) is 1. The van der Waals surface area contributed by atoms with Crippen LogP contribution < -0.4 is 5.69 Å². The monoisotopic (exact) mass is 356 g/mol. The molecule has 0 bridgehead atoms. The molecule has 0 aliphatic carbocycles. The molecule has 0 saturated heterocycles. The minimum atomic E-state index is -0.453. The molecular weight excluding hydrogens is 344 g/mol. The lowest BCUT2D eigenvalue weighted by atomic mass is 10.2. The van der Waals surface area contributed by atoms with Crippen molar-refractivity contribution in [3.05, 3.63) is 57.8 Å². The average molecular weight is 356 g/mol. The predicted octanol–water partition coefficient (Wildman–Crippen LogP) is 1.79. The number of rotatable bonds is 1. The summed E-state index contributed by atoms with van der Waals surface area (Å²) in [5.74, 6) is 0.302. The van der Waals surface area contributed by atoms with E-state index in [-0.39, 0.29) is 11.3 Å². The molecule has 0 atom stereocenters. The van der Waals surface area contributed by atoms with Gasteiger partial charge in [0, 0.05) is 5.69 Å². The van der Waals surface area contributed by atoms with E-state index in [0.717, 1.165) is 15.9 Å². The number of hydrogen-bond donors (Lipinski definition) is 1. The molecule has 0 amide bonds. The minimum absolute atomic E-state index is 0.0414. The highest BCUT2D eigenvalue weighted by molar-refractivity contribution is 5.86. The minimum Gasteiger partial charge on any atom is -0.259 e. The maximum Gasteiger partial charge on any atom is 0.357 e. The first-order chi connectivity index (χ1) is 13.1. The molecule has 0 aliphatic heterocycles. The molecule has 0 spiro atoms. The highest BCUT2D eigenvalue weighted by Gasteiger charge is 2.20. The first-order valence-electron chi connectivity index (χ1n) is 8.22. The number of fused-ring (bicyclic) bond motifs is 4. The van der Waals surface area contributed by atoms with Gasteiger partial charge in [-0.2, -0.15) is 15.0 Å². The summed E-state index contributed by atoms with van der Waals surface area (Å²) in [6, 6.07) is 11.1. The first kappa shape index (κ1) is 15.2. The van der Waals surface area contributed by atoms with E-state index >= 15 is 0 Å². The summed E-state index contributed by atoms with van der Waals surface area (Å²) >= 11 is 0. The molecule has 4 heterocycles. The molecule has 0 fully saturated rings. The van der Waals surface area contributed by atoms with Crippen LogP contribution in [-0.4, -0.2) is 34.3 Å². The van der Waals surface area contributed by atoms with Crippen molar-refractivity contribution in [2.75, 3.05) is 0 Å². The van der Waals surface area contributed by atoms with Gasteiger partial charge < -0.3 is 0 Å². The molecule has 1 aromatic carbocycles. The maximum absolute atomic E-state index is 13.2. The Kier molecular flexibility index (Phi) is 2.94. The standard InChI is InChI=1S/C18H12N8O/c1-9-7-10(2)20-15-14(9)17(23-22-15)26-18(27)25-13-6-4-3-5-11(13)21-16(25)12(8-19)24-26/h3-7H,1-2H3,(H,20,22,23). The number of imidazole rings is 1. The van der Waals surface area contributed by atoms with Gasteiger partial charge in [0.25, 0.3) is 0 Å². The zero-order valence-electron chi connectivity index (χ0n) is 14.4. The third-order valence-corrected chi connectivity index (χ3v) is 4.49. The topological polar surface area (TPSA) is 118 Å². The lowest BCUT2D eigenvalue weighted by molar-refractivity contribution is 0.728. The molecule has 5 aromatic rings. The van der Waals surface area contributed by atoms with Crippen LogP contribution >= 0.6 is 0 Å². The van der Waals surface area contributed by atoms with Crippen LogP contribution in [0.4, 0.5) is 0 Å². The maximum atomic E-state index is 13.2. The molecule has 9 nitrogen and oxygen atoms in total. The molecule has 0 radical (unpaired) electrons. The van der Waals surface area contributed by atoms with Crippen molar-refractivity contribution < 1.29 is 0 Å². The van der Waals surface area contributed by atoms with Crippen LogP contribution in [-0.2, 0) is 0 Å². The van der Waals surface area contributed by atoms with E-state index in [2.05, 4.69) is 25.3 Å². The van der Waals surface area contributed by atoms with Crippen LogP contribution in [0.15, 0.2) is 35.1 Å². The van der Waals surface area contributed by atoms with E-state index in [1.165, 1.54) is 4.40 Å². The molecular formula is C18H12N8O. The molecule has 130 valence electrons. The normalized spacial score (nSPS) is 11.4. The van der Waals surface area contributed by atoms with Gasteiger partial charge in [-0.25, -0.2) is 19.2 Å². The van der Waals surface area contributed by atoms with Crippen molar-refractivity contribution in [1.82, 2.24) is 34.3 Å². The van der Waals surface area contributed by atoms with Gasteiger partial charge >= 0.3 is 5.69 Å². The number of aromatic nitrogens is 7. The van der Waals surface area contributed by atoms with Crippen molar-refractivity contribution in [2.45, 2.75) is 13.8 Å². The van der Waals surface area contributed by atoms with Gasteiger partial charge in [0.2, 0.25) is 5.69 Å². The number of benzene rings is 1. The largest absolute Gasteiger partial charge is 0.357 e. The van der Waals surface area contributed by atoms with E-state index in [1.54, 1.807) is 12.1 Å². The molecule has 1 N–H and O–H groups in total. The summed E-state index contributed by atoms with van der Waals surface area (Å²) in [7, 11) is 0. The fourth-order valence-corrected chi connectivity index (χ4v) is 3.39. The Hall–Kier alpha value is -4.06. The molecule has 0 aliphatic rings. The highest BCUT2D eigenvalue weighted by atomic mass is 16.2. The number of H-pyrrole nitrogens is 1. The summed E-state index contributed by atoms with van der Waals surface area (Å²) in [5, 5.41) is 21.5. The van der Waals surface area contributed by atoms with Crippen molar-refractivity contribution in [1.29, 1.82) is 5.26 Å². The number of nitrogens with zero attached hydrogens (tertiary/aromatic N) is 7. The summed E-state index contributed by atoms with van der Waals surface area (Å²) in [5.41, 5.74) is 3.34. The van der Waals surface area contributed by atoms with E-state index in [1.807, 2.05) is 38.1 Å². The van der Waals surface area contributed by atoms with Crippen molar-refractivity contribution in [2.24, 2.45) is 0 Å². The third-order valence-electron chi connectivity index (χ3n) is 4.49. The van der Waals surface area contributed by atoms with E-state index < -0.39 is 5.69 Å². The number of aryl methyl sites for hydroxylation is 2. The predicted molar refractivity (Wildman–Crippen MR) is 97.7 cm³/mol. The van der Waals surface area contributed by atoms with Crippen LogP contribution in [0.25, 0.3) is 33.5 Å². The SMILES string of the molecule is Cc1cc(C)c2c(-n3nc(C#N)c4nc5ccccc5n4c3=O)n[nH]c2n1. The Morgan fingerprint density at radius 3 is 2.81 bits per heavy atom. The Balaban J connectivity index is 1.96. The van der Waals surface area contributed by atoms with Crippen molar-refractivity contribution in [3.8, 4) is 11.9 Å². The Labute approximate surface area is 151 Å². The second-order valence-corrected chi connectivity index (χ2v) is 6.27. The molecule has 5 rings (SSSR count). The highest BCUT2D eigenvalue weighted by Crippen LogP contribution is 2.22. The Bertz CT molecular complexity index is 1480. The van der Waals surface area contributed by atoms with Gasteiger partial charge in [-0.05, 0) is 37.6 Å². The van der Waals surface area contributed by atoms with Crippen LogP contribution in [0.2, 0.25) is 0 Å². The molecule has 0 unspecified atom stereocenters. The van der Waals surface area contributed by atoms with E-state index in [9.17, 15) is 10.1 Å². The Morgan fingerprint density at radius 1 is 1.19 bits per heavy atom. The number of nitriles is 1. The van der Waals surface area contributed by atoms with Crippen LogP contribution in [0.5, 0.6) is 0 Å². The van der Waals surface area contributed by atoms with E-state index in [4.69, 9.17) is 0 Å².